The summed E-state index contributed by atoms with van der Waals surface area (Å²) in [6.45, 7) is 6.64. The molecule has 0 atom stereocenters. The lowest BCUT2D eigenvalue weighted by atomic mass is 10.2. The molecule has 26 heavy (non-hydrogen) atoms. The minimum Gasteiger partial charge on any atom is -0.363 e. The van der Waals surface area contributed by atoms with Gasteiger partial charge in [-0.15, -0.1) is 0 Å². The molecule has 0 aliphatic heterocycles. The minimum atomic E-state index is 0.795. The van der Waals surface area contributed by atoms with E-state index in [4.69, 9.17) is 5.10 Å². The van der Waals surface area contributed by atoms with Crippen molar-refractivity contribution in [2.45, 2.75) is 33.5 Å². The minimum absolute atomic E-state index is 0.795. The van der Waals surface area contributed by atoms with Crippen molar-refractivity contribution >= 4 is 5.82 Å². The van der Waals surface area contributed by atoms with Crippen LogP contribution in [0, 0.1) is 13.8 Å². The second-order valence-electron chi connectivity index (χ2n) is 6.82. The zero-order valence-corrected chi connectivity index (χ0v) is 16.0. The molecule has 1 N–H and O–H groups in total. The number of aromatic nitrogens is 3. The maximum Gasteiger partial charge on any atom is 0.127 e. The maximum absolute atomic E-state index is 4.72. The topological polar surface area (TPSA) is 46.0 Å². The summed E-state index contributed by atoms with van der Waals surface area (Å²) in [5, 5.41) is 8.24. The van der Waals surface area contributed by atoms with Crippen LogP contribution in [0.3, 0.4) is 0 Å². The van der Waals surface area contributed by atoms with E-state index in [9.17, 15) is 0 Å². The van der Waals surface area contributed by atoms with E-state index in [0.29, 0.717) is 0 Å². The van der Waals surface area contributed by atoms with Crippen LogP contribution in [0.2, 0.25) is 0 Å². The van der Waals surface area contributed by atoms with E-state index in [2.05, 4.69) is 59.2 Å². The number of anilines is 1. The van der Waals surface area contributed by atoms with Gasteiger partial charge in [0.1, 0.15) is 5.82 Å². The van der Waals surface area contributed by atoms with Gasteiger partial charge < -0.3 is 10.2 Å². The van der Waals surface area contributed by atoms with Crippen molar-refractivity contribution in [2.24, 2.45) is 0 Å². The molecule has 0 saturated heterocycles. The molecule has 0 radical (unpaired) electrons. The van der Waals surface area contributed by atoms with E-state index in [0.717, 1.165) is 31.1 Å². The number of hydrogen-bond donors (Lipinski definition) is 1. The Balaban J connectivity index is 1.61. The van der Waals surface area contributed by atoms with Crippen LogP contribution in [0.15, 0.2) is 48.7 Å². The Hall–Kier alpha value is -2.66. The average Bonchev–Trinajstić information content (AvgIpc) is 2.90. The maximum atomic E-state index is 4.72. The van der Waals surface area contributed by atoms with Gasteiger partial charge in [0.05, 0.1) is 12.2 Å². The third kappa shape index (κ3) is 4.29. The lowest BCUT2D eigenvalue weighted by Crippen LogP contribution is -2.15. The number of rotatable bonds is 7. The standard InChI is InChI=1S/C21H27N5/c1-16-20(14-22-12-19-10-11-21(23-13-19)25(3)4)17(2)26(24-16)15-18-8-6-5-7-9-18/h5-11,13,22H,12,14-15H2,1-4H3. The van der Waals surface area contributed by atoms with Crippen LogP contribution in [-0.4, -0.2) is 28.9 Å². The van der Waals surface area contributed by atoms with Crippen LogP contribution in [0.5, 0.6) is 0 Å². The molecule has 0 fully saturated rings. The van der Waals surface area contributed by atoms with Crippen LogP contribution >= 0.6 is 0 Å². The molecule has 3 rings (SSSR count). The second-order valence-corrected chi connectivity index (χ2v) is 6.82. The Bertz CT molecular complexity index is 835. The third-order valence-electron chi connectivity index (χ3n) is 4.60. The molecule has 5 nitrogen and oxygen atoms in total. The SMILES string of the molecule is Cc1nn(Cc2ccccc2)c(C)c1CNCc1ccc(N(C)C)nc1. The van der Waals surface area contributed by atoms with E-state index in [1.54, 1.807) is 0 Å². The summed E-state index contributed by atoms with van der Waals surface area (Å²) in [6.07, 6.45) is 1.93. The van der Waals surface area contributed by atoms with Crippen molar-refractivity contribution in [1.82, 2.24) is 20.1 Å². The van der Waals surface area contributed by atoms with Gasteiger partial charge in [0, 0.05) is 44.6 Å². The Morgan fingerprint density at radius 3 is 2.38 bits per heavy atom. The first-order valence-corrected chi connectivity index (χ1v) is 8.94. The number of pyridine rings is 1. The first-order chi connectivity index (χ1) is 12.5. The predicted molar refractivity (Wildman–Crippen MR) is 106 cm³/mol. The lowest BCUT2D eigenvalue weighted by Gasteiger charge is -2.11. The van der Waals surface area contributed by atoms with Gasteiger partial charge in [-0.25, -0.2) is 4.98 Å². The van der Waals surface area contributed by atoms with Crippen molar-refractivity contribution in [1.29, 1.82) is 0 Å². The summed E-state index contributed by atoms with van der Waals surface area (Å²) in [6, 6.07) is 14.6. The molecule has 0 aliphatic rings. The highest BCUT2D eigenvalue weighted by molar-refractivity contribution is 5.37. The summed E-state index contributed by atoms with van der Waals surface area (Å²) in [5.74, 6) is 0.975. The predicted octanol–water partition coefficient (Wildman–Crippen LogP) is 3.30. The zero-order valence-electron chi connectivity index (χ0n) is 16.0. The smallest absolute Gasteiger partial charge is 0.127 e. The monoisotopic (exact) mass is 349 g/mol. The zero-order chi connectivity index (χ0) is 18.5. The van der Waals surface area contributed by atoms with Crippen LogP contribution in [0.1, 0.15) is 28.1 Å². The van der Waals surface area contributed by atoms with Gasteiger partial charge in [0.15, 0.2) is 0 Å². The number of nitrogens with zero attached hydrogens (tertiary/aromatic N) is 4. The Kier molecular flexibility index (Phi) is 5.68. The Morgan fingerprint density at radius 1 is 0.962 bits per heavy atom. The summed E-state index contributed by atoms with van der Waals surface area (Å²) in [7, 11) is 4.00. The highest BCUT2D eigenvalue weighted by atomic mass is 15.3. The van der Waals surface area contributed by atoms with Gasteiger partial charge in [-0.05, 0) is 31.0 Å². The van der Waals surface area contributed by atoms with Gasteiger partial charge in [-0.1, -0.05) is 36.4 Å². The fourth-order valence-electron chi connectivity index (χ4n) is 3.02. The molecule has 3 aromatic rings. The second kappa shape index (κ2) is 8.15. The summed E-state index contributed by atoms with van der Waals surface area (Å²) in [4.78, 5) is 6.46. The van der Waals surface area contributed by atoms with Crippen molar-refractivity contribution in [3.63, 3.8) is 0 Å². The van der Waals surface area contributed by atoms with Gasteiger partial charge in [-0.3, -0.25) is 4.68 Å². The van der Waals surface area contributed by atoms with Crippen molar-refractivity contribution in [2.75, 3.05) is 19.0 Å². The van der Waals surface area contributed by atoms with Gasteiger partial charge in [0.2, 0.25) is 0 Å². The molecule has 0 amide bonds. The molecule has 2 heterocycles. The lowest BCUT2D eigenvalue weighted by molar-refractivity contribution is 0.652. The normalized spacial score (nSPS) is 10.9. The van der Waals surface area contributed by atoms with Crippen LogP contribution in [-0.2, 0) is 19.6 Å². The first kappa shape index (κ1) is 18.1. The summed E-state index contributed by atoms with van der Waals surface area (Å²) in [5.41, 5.74) is 6.04. The number of aryl methyl sites for hydroxylation is 1. The Morgan fingerprint density at radius 2 is 1.73 bits per heavy atom. The first-order valence-electron chi connectivity index (χ1n) is 8.94. The molecular weight excluding hydrogens is 322 g/mol. The molecule has 5 heteroatoms. The van der Waals surface area contributed by atoms with Crippen molar-refractivity contribution < 1.29 is 0 Å². The molecule has 0 bridgehead atoms. The number of hydrogen-bond acceptors (Lipinski definition) is 4. The molecule has 0 aliphatic carbocycles. The fraction of sp³-hybridized carbons (Fsp3) is 0.333. The molecule has 0 saturated carbocycles. The van der Waals surface area contributed by atoms with Crippen molar-refractivity contribution in [3.8, 4) is 0 Å². The summed E-state index contributed by atoms with van der Waals surface area (Å²) >= 11 is 0. The quantitative estimate of drug-likeness (QED) is 0.711. The Labute approximate surface area is 155 Å². The molecular formula is C21H27N5. The van der Waals surface area contributed by atoms with E-state index in [1.807, 2.05) is 37.3 Å². The molecule has 1 aromatic carbocycles. The third-order valence-corrected chi connectivity index (χ3v) is 4.60. The van der Waals surface area contributed by atoms with Crippen LogP contribution in [0.25, 0.3) is 0 Å². The molecule has 0 unspecified atom stereocenters. The number of nitrogens with one attached hydrogen (secondary N) is 1. The molecule has 0 spiro atoms. The van der Waals surface area contributed by atoms with E-state index < -0.39 is 0 Å². The van der Waals surface area contributed by atoms with Gasteiger partial charge >= 0.3 is 0 Å². The van der Waals surface area contributed by atoms with E-state index in [1.165, 1.54) is 22.4 Å². The van der Waals surface area contributed by atoms with Gasteiger partial charge in [0.25, 0.3) is 0 Å². The van der Waals surface area contributed by atoms with Gasteiger partial charge in [-0.2, -0.15) is 5.10 Å². The van der Waals surface area contributed by atoms with E-state index >= 15 is 0 Å². The average molecular weight is 349 g/mol. The highest BCUT2D eigenvalue weighted by Gasteiger charge is 2.11. The number of benzene rings is 1. The molecule has 136 valence electrons. The van der Waals surface area contributed by atoms with E-state index in [-0.39, 0.29) is 0 Å². The largest absolute Gasteiger partial charge is 0.363 e. The van der Waals surface area contributed by atoms with Crippen LogP contribution in [0.4, 0.5) is 5.82 Å². The van der Waals surface area contributed by atoms with Crippen molar-refractivity contribution in [3.05, 3.63) is 76.7 Å². The molecule has 2 aromatic heterocycles. The fourth-order valence-corrected chi connectivity index (χ4v) is 3.02. The summed E-state index contributed by atoms with van der Waals surface area (Å²) < 4.78 is 2.09. The van der Waals surface area contributed by atoms with Crippen LogP contribution < -0.4 is 10.2 Å². The highest BCUT2D eigenvalue weighted by Crippen LogP contribution is 2.15.